The third-order valence-corrected chi connectivity index (χ3v) is 2.79. The second-order valence-corrected chi connectivity index (χ2v) is 4.08. The number of carbonyl (C=O) groups excluding carboxylic acids is 1. The van der Waals surface area contributed by atoms with Gasteiger partial charge in [-0.15, -0.1) is 0 Å². The highest BCUT2D eigenvalue weighted by Gasteiger charge is 2.18. The monoisotopic (exact) mass is 238 g/mol. The molecular formula is C11H18N4O2. The van der Waals surface area contributed by atoms with Gasteiger partial charge in [0.05, 0.1) is 13.2 Å². The summed E-state index contributed by atoms with van der Waals surface area (Å²) in [6.07, 6.45) is 4.02. The summed E-state index contributed by atoms with van der Waals surface area (Å²) in [5.74, 6) is 0.595. The largest absolute Gasteiger partial charge is 0.383 e. The summed E-state index contributed by atoms with van der Waals surface area (Å²) in [6.45, 7) is 2.99. The minimum Gasteiger partial charge on any atom is -0.383 e. The van der Waals surface area contributed by atoms with E-state index in [1.54, 1.807) is 17.9 Å². The summed E-state index contributed by atoms with van der Waals surface area (Å²) in [7, 11) is 1.65. The molecule has 0 saturated carbocycles. The Labute approximate surface area is 101 Å². The van der Waals surface area contributed by atoms with Crippen LogP contribution < -0.4 is 5.32 Å². The second kappa shape index (κ2) is 5.67. The summed E-state index contributed by atoms with van der Waals surface area (Å²) in [5.41, 5.74) is 0. The van der Waals surface area contributed by atoms with Crippen LogP contribution in [0.15, 0.2) is 12.3 Å². The van der Waals surface area contributed by atoms with E-state index in [1.165, 1.54) is 0 Å². The van der Waals surface area contributed by atoms with Crippen LogP contribution in [0, 0.1) is 0 Å². The van der Waals surface area contributed by atoms with Crippen LogP contribution in [0.1, 0.15) is 12.8 Å². The van der Waals surface area contributed by atoms with Gasteiger partial charge in [-0.2, -0.15) is 5.10 Å². The lowest BCUT2D eigenvalue weighted by molar-refractivity contribution is 0.183. The number of hydrogen-bond donors (Lipinski definition) is 1. The third-order valence-electron chi connectivity index (χ3n) is 2.79. The number of hydrogen-bond acceptors (Lipinski definition) is 3. The molecule has 1 aliphatic heterocycles. The van der Waals surface area contributed by atoms with Crippen molar-refractivity contribution in [2.24, 2.45) is 0 Å². The van der Waals surface area contributed by atoms with Gasteiger partial charge in [-0.3, -0.25) is 10.00 Å². The molecule has 0 spiro atoms. The molecule has 0 radical (unpaired) electrons. The first kappa shape index (κ1) is 11.9. The van der Waals surface area contributed by atoms with Crippen LogP contribution in [0.4, 0.5) is 10.6 Å². The van der Waals surface area contributed by atoms with Crippen molar-refractivity contribution in [3.8, 4) is 0 Å². The molecule has 0 aromatic carbocycles. The number of aromatic nitrogens is 2. The zero-order valence-electron chi connectivity index (χ0n) is 10.1. The van der Waals surface area contributed by atoms with Crippen molar-refractivity contribution < 1.29 is 9.53 Å². The van der Waals surface area contributed by atoms with E-state index in [0.29, 0.717) is 19.0 Å². The van der Waals surface area contributed by atoms with Crippen molar-refractivity contribution in [1.82, 2.24) is 14.7 Å². The van der Waals surface area contributed by atoms with E-state index in [4.69, 9.17) is 4.74 Å². The number of urea groups is 1. The van der Waals surface area contributed by atoms with Crippen molar-refractivity contribution in [2.75, 3.05) is 32.1 Å². The minimum atomic E-state index is -0.0560. The molecule has 1 aliphatic rings. The Morgan fingerprint density at radius 2 is 2.29 bits per heavy atom. The highest BCUT2D eigenvalue weighted by Crippen LogP contribution is 2.10. The quantitative estimate of drug-likeness (QED) is 0.856. The maximum absolute atomic E-state index is 11.8. The van der Waals surface area contributed by atoms with E-state index in [9.17, 15) is 4.79 Å². The van der Waals surface area contributed by atoms with Gasteiger partial charge < -0.3 is 9.64 Å². The molecule has 2 amide bonds. The fourth-order valence-electron chi connectivity index (χ4n) is 1.85. The fourth-order valence-corrected chi connectivity index (χ4v) is 1.85. The van der Waals surface area contributed by atoms with E-state index in [1.807, 2.05) is 11.1 Å². The molecule has 1 saturated heterocycles. The van der Waals surface area contributed by atoms with Gasteiger partial charge in [0.1, 0.15) is 0 Å². The lowest BCUT2D eigenvalue weighted by Crippen LogP contribution is -2.32. The molecule has 0 aliphatic carbocycles. The zero-order valence-corrected chi connectivity index (χ0v) is 10.1. The van der Waals surface area contributed by atoms with Gasteiger partial charge in [0.2, 0.25) is 0 Å². The van der Waals surface area contributed by atoms with Crippen molar-refractivity contribution in [2.45, 2.75) is 19.4 Å². The number of anilines is 1. The number of nitrogens with zero attached hydrogens (tertiary/aromatic N) is 3. The fraction of sp³-hybridized carbons (Fsp3) is 0.636. The normalized spacial score (nSPS) is 15.2. The first-order valence-corrected chi connectivity index (χ1v) is 5.88. The Morgan fingerprint density at radius 1 is 1.53 bits per heavy atom. The van der Waals surface area contributed by atoms with Crippen molar-refractivity contribution in [3.63, 3.8) is 0 Å². The van der Waals surface area contributed by atoms with Gasteiger partial charge in [0, 0.05) is 32.5 Å². The predicted octanol–water partition coefficient (Wildman–Crippen LogP) is 1.16. The second-order valence-electron chi connectivity index (χ2n) is 4.08. The van der Waals surface area contributed by atoms with Gasteiger partial charge in [-0.25, -0.2) is 4.79 Å². The average molecular weight is 238 g/mol. The number of likely N-dealkylation sites (tertiary alicyclic amines) is 1. The van der Waals surface area contributed by atoms with Crippen LogP contribution in [-0.2, 0) is 11.3 Å². The Balaban J connectivity index is 1.85. The molecule has 94 valence electrons. The first-order chi connectivity index (χ1) is 8.29. The first-order valence-electron chi connectivity index (χ1n) is 5.88. The van der Waals surface area contributed by atoms with Gasteiger partial charge >= 0.3 is 6.03 Å². The Kier molecular flexibility index (Phi) is 3.98. The number of rotatable bonds is 4. The number of nitrogens with one attached hydrogen (secondary N) is 1. The maximum atomic E-state index is 11.8. The number of carbonyl (C=O) groups is 1. The molecule has 1 aromatic rings. The third kappa shape index (κ3) is 3.20. The Bertz CT molecular complexity index is 371. The van der Waals surface area contributed by atoms with E-state index < -0.39 is 0 Å². The van der Waals surface area contributed by atoms with Crippen LogP contribution in [0.5, 0.6) is 0 Å². The summed E-state index contributed by atoms with van der Waals surface area (Å²) < 4.78 is 6.71. The van der Waals surface area contributed by atoms with Gasteiger partial charge in [0.25, 0.3) is 0 Å². The molecule has 1 fully saturated rings. The molecule has 1 aromatic heterocycles. The summed E-state index contributed by atoms with van der Waals surface area (Å²) in [5, 5.41) is 7.03. The lowest BCUT2D eigenvalue weighted by atomic mass is 10.4. The summed E-state index contributed by atoms with van der Waals surface area (Å²) in [6, 6.07) is 1.74. The van der Waals surface area contributed by atoms with E-state index in [-0.39, 0.29) is 6.03 Å². The van der Waals surface area contributed by atoms with Crippen molar-refractivity contribution in [1.29, 1.82) is 0 Å². The highest BCUT2D eigenvalue weighted by atomic mass is 16.5. The molecule has 17 heavy (non-hydrogen) atoms. The SMILES string of the molecule is COCCn1ccc(NC(=O)N2CCCC2)n1. The van der Waals surface area contributed by atoms with Gasteiger partial charge in [-0.1, -0.05) is 0 Å². The van der Waals surface area contributed by atoms with Crippen LogP contribution >= 0.6 is 0 Å². The highest BCUT2D eigenvalue weighted by molar-refractivity contribution is 5.88. The molecular weight excluding hydrogens is 220 g/mol. The smallest absolute Gasteiger partial charge is 0.323 e. The van der Waals surface area contributed by atoms with Crippen LogP contribution in [0.2, 0.25) is 0 Å². The number of ether oxygens (including phenoxy) is 1. The molecule has 2 heterocycles. The predicted molar refractivity (Wildman–Crippen MR) is 63.9 cm³/mol. The van der Waals surface area contributed by atoms with Crippen molar-refractivity contribution >= 4 is 11.8 Å². The molecule has 2 rings (SSSR count). The van der Waals surface area contributed by atoms with Crippen LogP contribution in [0.3, 0.4) is 0 Å². The molecule has 6 nitrogen and oxygen atoms in total. The lowest BCUT2D eigenvalue weighted by Gasteiger charge is -2.14. The molecule has 6 heteroatoms. The van der Waals surface area contributed by atoms with E-state index in [0.717, 1.165) is 25.9 Å². The topological polar surface area (TPSA) is 59.4 Å². The number of methoxy groups -OCH3 is 1. The van der Waals surface area contributed by atoms with Crippen LogP contribution in [0.25, 0.3) is 0 Å². The standard InChI is InChI=1S/C11H18N4O2/c1-17-9-8-15-7-4-10(13-15)12-11(16)14-5-2-3-6-14/h4,7H,2-3,5-6,8-9H2,1H3,(H,12,13,16). The molecule has 0 atom stereocenters. The van der Waals surface area contributed by atoms with Gasteiger partial charge in [0.15, 0.2) is 5.82 Å². The maximum Gasteiger partial charge on any atom is 0.323 e. The van der Waals surface area contributed by atoms with Crippen molar-refractivity contribution in [3.05, 3.63) is 12.3 Å². The van der Waals surface area contributed by atoms with E-state index >= 15 is 0 Å². The molecule has 0 unspecified atom stereocenters. The Hall–Kier alpha value is -1.56. The van der Waals surface area contributed by atoms with Gasteiger partial charge in [-0.05, 0) is 12.8 Å². The summed E-state index contributed by atoms with van der Waals surface area (Å²) >= 11 is 0. The molecule has 0 bridgehead atoms. The summed E-state index contributed by atoms with van der Waals surface area (Å²) in [4.78, 5) is 13.6. The average Bonchev–Trinajstić information content (AvgIpc) is 2.97. The minimum absolute atomic E-state index is 0.0560. The zero-order chi connectivity index (χ0) is 12.1. The number of amides is 2. The molecule has 1 N–H and O–H groups in total. The Morgan fingerprint density at radius 3 is 3.00 bits per heavy atom. The van der Waals surface area contributed by atoms with E-state index in [2.05, 4.69) is 10.4 Å². The van der Waals surface area contributed by atoms with Crippen LogP contribution in [-0.4, -0.2) is 47.5 Å².